The predicted molar refractivity (Wildman–Crippen MR) is 133 cm³/mol. The third kappa shape index (κ3) is 5.29. The lowest BCUT2D eigenvalue weighted by molar-refractivity contribution is 0.0159. The number of pyridine rings is 1. The van der Waals surface area contributed by atoms with Crippen molar-refractivity contribution in [3.63, 3.8) is 0 Å². The van der Waals surface area contributed by atoms with Gasteiger partial charge in [-0.25, -0.2) is 9.78 Å². The van der Waals surface area contributed by atoms with Crippen molar-refractivity contribution in [2.75, 3.05) is 31.1 Å². The maximum Gasteiger partial charge on any atom is 0.410 e. The fraction of sp³-hybridized carbons (Fsp3) is 0.500. The van der Waals surface area contributed by atoms with Crippen molar-refractivity contribution in [1.29, 1.82) is 5.26 Å². The first kappa shape index (κ1) is 24.3. The molecular formula is C26H32ClN5O2. The second-order valence-corrected chi connectivity index (χ2v) is 10.4. The van der Waals surface area contributed by atoms with E-state index >= 15 is 0 Å². The van der Waals surface area contributed by atoms with Gasteiger partial charge in [-0.15, -0.1) is 0 Å². The van der Waals surface area contributed by atoms with E-state index in [0.717, 1.165) is 36.5 Å². The van der Waals surface area contributed by atoms with Crippen LogP contribution in [0, 0.1) is 11.3 Å². The molecule has 34 heavy (non-hydrogen) atoms. The normalized spacial score (nSPS) is 18.9. The zero-order chi connectivity index (χ0) is 24.5. The minimum atomic E-state index is -0.536. The van der Waals surface area contributed by atoms with E-state index in [1.165, 1.54) is 5.56 Å². The Morgan fingerprint density at radius 3 is 2.62 bits per heavy atom. The molecular weight excluding hydrogens is 450 g/mol. The predicted octanol–water partition coefficient (Wildman–Crippen LogP) is 4.61. The Bertz CT molecular complexity index is 1090. The third-order valence-corrected chi connectivity index (χ3v) is 6.57. The van der Waals surface area contributed by atoms with Crippen LogP contribution in [0.25, 0.3) is 0 Å². The Balaban J connectivity index is 1.56. The molecule has 8 heteroatoms. The molecule has 2 aliphatic heterocycles. The van der Waals surface area contributed by atoms with E-state index in [1.54, 1.807) is 4.90 Å². The number of amides is 1. The molecule has 7 nitrogen and oxygen atoms in total. The molecule has 1 amide bonds. The van der Waals surface area contributed by atoms with E-state index in [9.17, 15) is 10.1 Å². The fourth-order valence-electron chi connectivity index (χ4n) is 4.76. The van der Waals surface area contributed by atoms with Crippen molar-refractivity contribution in [2.24, 2.45) is 0 Å². The van der Waals surface area contributed by atoms with Crippen LogP contribution in [0.15, 0.2) is 30.3 Å². The number of halogens is 1. The van der Waals surface area contributed by atoms with Gasteiger partial charge in [0.1, 0.15) is 22.4 Å². The van der Waals surface area contributed by atoms with Gasteiger partial charge in [0.2, 0.25) is 0 Å². The van der Waals surface area contributed by atoms with Crippen molar-refractivity contribution in [3.05, 3.63) is 57.9 Å². The molecule has 2 aliphatic rings. The Labute approximate surface area is 206 Å². The standard InChI is InChI=1S/C26H32ClN5O2/c1-18-15-31(12-13-32(18)25(33)34-26(2,3)4)23-20-10-11-30(16-19-8-6-5-7-9-19)17-22(20)29-24(27)21(23)14-28/h5-9,18H,10-13,15-17H2,1-4H3/t18-/m0/s1. The van der Waals surface area contributed by atoms with Gasteiger partial charge < -0.3 is 14.5 Å². The maximum absolute atomic E-state index is 12.7. The van der Waals surface area contributed by atoms with Gasteiger partial charge in [-0.05, 0) is 39.7 Å². The molecule has 180 valence electrons. The topological polar surface area (TPSA) is 72.7 Å². The number of carbonyl (C=O) groups is 1. The highest BCUT2D eigenvalue weighted by Crippen LogP contribution is 2.36. The summed E-state index contributed by atoms with van der Waals surface area (Å²) in [5.41, 5.74) is 4.07. The van der Waals surface area contributed by atoms with Crippen molar-refractivity contribution < 1.29 is 9.53 Å². The number of ether oxygens (including phenoxy) is 1. The molecule has 3 heterocycles. The first-order valence-corrected chi connectivity index (χ1v) is 12.2. The van der Waals surface area contributed by atoms with Gasteiger partial charge in [0, 0.05) is 50.9 Å². The smallest absolute Gasteiger partial charge is 0.410 e. The van der Waals surface area contributed by atoms with Crippen molar-refractivity contribution in [2.45, 2.75) is 58.8 Å². The second kappa shape index (κ2) is 9.81. The number of anilines is 1. The molecule has 1 aromatic heterocycles. The van der Waals surface area contributed by atoms with Crippen LogP contribution in [0.5, 0.6) is 0 Å². The molecule has 0 spiro atoms. The Morgan fingerprint density at radius 1 is 1.24 bits per heavy atom. The summed E-state index contributed by atoms with van der Waals surface area (Å²) < 4.78 is 5.58. The number of aromatic nitrogens is 1. The molecule has 1 fully saturated rings. The quantitative estimate of drug-likeness (QED) is 0.596. The van der Waals surface area contributed by atoms with Crippen molar-refractivity contribution in [3.8, 4) is 6.07 Å². The number of nitrogens with zero attached hydrogens (tertiary/aromatic N) is 5. The maximum atomic E-state index is 12.7. The van der Waals surface area contributed by atoms with Crippen LogP contribution >= 0.6 is 11.6 Å². The molecule has 1 saturated heterocycles. The highest BCUT2D eigenvalue weighted by atomic mass is 35.5. The zero-order valence-electron chi connectivity index (χ0n) is 20.3. The van der Waals surface area contributed by atoms with E-state index in [0.29, 0.717) is 31.7 Å². The fourth-order valence-corrected chi connectivity index (χ4v) is 4.99. The number of nitriles is 1. The summed E-state index contributed by atoms with van der Waals surface area (Å²) in [4.78, 5) is 23.6. The summed E-state index contributed by atoms with van der Waals surface area (Å²) in [7, 11) is 0. The molecule has 2 aromatic rings. The van der Waals surface area contributed by atoms with Crippen LogP contribution in [0.4, 0.5) is 10.5 Å². The van der Waals surface area contributed by atoms with E-state index in [4.69, 9.17) is 16.3 Å². The average Bonchev–Trinajstić information content (AvgIpc) is 2.77. The molecule has 0 N–H and O–H groups in total. The molecule has 1 aromatic carbocycles. The second-order valence-electron chi connectivity index (χ2n) is 10.1. The molecule has 4 rings (SSSR count). The van der Waals surface area contributed by atoms with Gasteiger partial charge >= 0.3 is 6.09 Å². The molecule has 0 bridgehead atoms. The van der Waals surface area contributed by atoms with Crippen LogP contribution in [-0.2, 0) is 24.2 Å². The number of fused-ring (bicyclic) bond motifs is 1. The molecule has 1 atom stereocenters. The van der Waals surface area contributed by atoms with Gasteiger partial charge in [0.25, 0.3) is 0 Å². The summed E-state index contributed by atoms with van der Waals surface area (Å²) in [6.45, 7) is 11.8. The summed E-state index contributed by atoms with van der Waals surface area (Å²) in [6, 6.07) is 12.6. The lowest BCUT2D eigenvalue weighted by Gasteiger charge is -2.42. The summed E-state index contributed by atoms with van der Waals surface area (Å²) in [5, 5.41) is 10.2. The minimum Gasteiger partial charge on any atom is -0.444 e. The zero-order valence-corrected chi connectivity index (χ0v) is 21.1. The van der Waals surface area contributed by atoms with E-state index < -0.39 is 5.60 Å². The molecule has 0 unspecified atom stereocenters. The Morgan fingerprint density at radius 2 is 1.97 bits per heavy atom. The van der Waals surface area contributed by atoms with Crippen LogP contribution in [0.1, 0.15) is 50.1 Å². The first-order valence-electron chi connectivity index (χ1n) is 11.8. The van der Waals surface area contributed by atoms with Gasteiger partial charge in [-0.3, -0.25) is 4.90 Å². The van der Waals surface area contributed by atoms with Gasteiger partial charge in [0.05, 0.1) is 11.4 Å². The number of hydrogen-bond acceptors (Lipinski definition) is 6. The van der Waals surface area contributed by atoms with Crippen LogP contribution < -0.4 is 4.90 Å². The number of benzene rings is 1. The highest BCUT2D eigenvalue weighted by molar-refractivity contribution is 6.31. The summed E-state index contributed by atoms with van der Waals surface area (Å²) in [5.74, 6) is 0. The number of hydrogen-bond donors (Lipinski definition) is 0. The van der Waals surface area contributed by atoms with Gasteiger partial charge in [-0.1, -0.05) is 41.9 Å². The Kier molecular flexibility index (Phi) is 7.01. The average molecular weight is 482 g/mol. The largest absolute Gasteiger partial charge is 0.444 e. The molecule has 0 aliphatic carbocycles. The number of piperazine rings is 1. The first-order chi connectivity index (χ1) is 16.2. The van der Waals surface area contributed by atoms with Gasteiger partial charge in [0.15, 0.2) is 0 Å². The monoisotopic (exact) mass is 481 g/mol. The third-order valence-electron chi connectivity index (χ3n) is 6.29. The van der Waals surface area contributed by atoms with Crippen LogP contribution in [0.2, 0.25) is 5.15 Å². The molecule has 0 radical (unpaired) electrons. The summed E-state index contributed by atoms with van der Waals surface area (Å²) in [6.07, 6.45) is 0.503. The minimum absolute atomic E-state index is 0.0593. The SMILES string of the molecule is C[C@H]1CN(c2c(C#N)c(Cl)nc3c2CCN(Cc2ccccc2)C3)CCN1C(=O)OC(C)(C)C. The van der Waals surface area contributed by atoms with E-state index in [-0.39, 0.29) is 17.3 Å². The summed E-state index contributed by atoms with van der Waals surface area (Å²) >= 11 is 6.52. The number of carbonyl (C=O) groups excluding carboxylic acids is 1. The lowest BCUT2D eigenvalue weighted by Crippen LogP contribution is -2.55. The molecule has 0 saturated carbocycles. The highest BCUT2D eigenvalue weighted by Gasteiger charge is 2.34. The van der Waals surface area contributed by atoms with E-state index in [2.05, 4.69) is 45.1 Å². The van der Waals surface area contributed by atoms with E-state index in [1.807, 2.05) is 33.8 Å². The van der Waals surface area contributed by atoms with Crippen LogP contribution in [0.3, 0.4) is 0 Å². The van der Waals surface area contributed by atoms with Gasteiger partial charge in [-0.2, -0.15) is 5.26 Å². The Hall–Kier alpha value is -2.82. The van der Waals surface area contributed by atoms with Crippen molar-refractivity contribution in [1.82, 2.24) is 14.8 Å². The van der Waals surface area contributed by atoms with Crippen LogP contribution in [-0.4, -0.2) is 58.7 Å². The lowest BCUT2D eigenvalue weighted by atomic mass is 9.97. The van der Waals surface area contributed by atoms with Crippen molar-refractivity contribution >= 4 is 23.4 Å². The number of rotatable bonds is 3.